The van der Waals surface area contributed by atoms with E-state index in [0.29, 0.717) is 17.7 Å². The molecule has 338 valence electrons. The number of hydrogen-bond donors (Lipinski definition) is 0. The van der Waals surface area contributed by atoms with Gasteiger partial charge in [-0.15, -0.1) is 0 Å². The van der Waals surface area contributed by atoms with Crippen molar-refractivity contribution in [1.82, 2.24) is 9.47 Å². The average Bonchev–Trinajstić information content (AvgIpc) is 4.11. The highest BCUT2D eigenvalue weighted by Gasteiger charge is 2.30. The van der Waals surface area contributed by atoms with Gasteiger partial charge in [-0.25, -0.2) is 9.98 Å². The number of allylic oxidation sites excluding steroid dienone is 4. The van der Waals surface area contributed by atoms with Gasteiger partial charge in [0.2, 0.25) is 0 Å². The van der Waals surface area contributed by atoms with Gasteiger partial charge in [0.25, 0.3) is 0 Å². The summed E-state index contributed by atoms with van der Waals surface area (Å²) < 4.78 is 16.2. The molecule has 0 radical (unpaired) electrons. The van der Waals surface area contributed by atoms with Crippen molar-refractivity contribution in [1.29, 1.82) is 0 Å². The molecule has 1 aliphatic heterocycles. The van der Waals surface area contributed by atoms with Crippen molar-refractivity contribution in [2.24, 2.45) is 15.9 Å². The van der Waals surface area contributed by atoms with Gasteiger partial charge >= 0.3 is 0 Å². The first-order chi connectivity index (χ1) is 35.0. The SMILES string of the molecule is CC1C=CC=CC1c1ccc2c(c1)c1ccccc1n2-c1cc(-c2cc(C3N=C(c4ccc(-c5ccccc5)cc4)N=C(c4ccccc4)N3C)cc3oc4ccccc4c23)cc2oc3ccccc3c12. The van der Waals surface area contributed by atoms with Gasteiger partial charge < -0.3 is 18.3 Å². The van der Waals surface area contributed by atoms with Gasteiger partial charge in [-0.1, -0.05) is 177 Å². The minimum Gasteiger partial charge on any atom is -0.456 e. The van der Waals surface area contributed by atoms with Crippen LogP contribution >= 0.6 is 0 Å². The van der Waals surface area contributed by atoms with Crippen LogP contribution in [0.1, 0.15) is 41.3 Å². The maximum Gasteiger partial charge on any atom is 0.159 e. The number of nitrogens with zero attached hydrogens (tertiary/aromatic N) is 4. The van der Waals surface area contributed by atoms with E-state index in [1.54, 1.807) is 0 Å². The number of benzene rings is 9. The van der Waals surface area contributed by atoms with Crippen molar-refractivity contribution < 1.29 is 8.83 Å². The Hall–Kier alpha value is -9.00. The van der Waals surface area contributed by atoms with Crippen LogP contribution in [0.2, 0.25) is 0 Å². The van der Waals surface area contributed by atoms with Gasteiger partial charge in [0, 0.05) is 56.6 Å². The Kier molecular flexibility index (Phi) is 9.43. The molecule has 6 heteroatoms. The highest BCUT2D eigenvalue weighted by atomic mass is 16.3. The summed E-state index contributed by atoms with van der Waals surface area (Å²) in [6, 6.07) is 71.1. The molecule has 0 saturated heterocycles. The monoisotopic (exact) mass is 914 g/mol. The summed E-state index contributed by atoms with van der Waals surface area (Å²) in [6.45, 7) is 2.30. The summed E-state index contributed by atoms with van der Waals surface area (Å²) in [6.07, 6.45) is 8.53. The minimum atomic E-state index is -0.443. The van der Waals surface area contributed by atoms with E-state index < -0.39 is 6.17 Å². The highest BCUT2D eigenvalue weighted by molar-refractivity contribution is 6.18. The van der Waals surface area contributed by atoms with Crippen LogP contribution in [-0.4, -0.2) is 28.2 Å². The van der Waals surface area contributed by atoms with E-state index in [1.165, 1.54) is 21.9 Å². The second-order valence-corrected chi connectivity index (χ2v) is 19.0. The Bertz CT molecular complexity index is 4210. The van der Waals surface area contributed by atoms with Gasteiger partial charge in [-0.3, -0.25) is 0 Å². The molecule has 0 fully saturated rings. The number of fused-ring (bicyclic) bond motifs is 9. The first-order valence-electron chi connectivity index (χ1n) is 24.4. The summed E-state index contributed by atoms with van der Waals surface area (Å²) in [5.41, 5.74) is 15.2. The maximum absolute atomic E-state index is 6.90. The lowest BCUT2D eigenvalue weighted by molar-refractivity contribution is 0.383. The van der Waals surface area contributed by atoms with E-state index in [-0.39, 0.29) is 0 Å². The Morgan fingerprint density at radius 3 is 1.80 bits per heavy atom. The van der Waals surface area contributed by atoms with E-state index in [0.717, 1.165) is 99.8 Å². The summed E-state index contributed by atoms with van der Waals surface area (Å²) >= 11 is 0. The molecule has 0 saturated carbocycles. The summed E-state index contributed by atoms with van der Waals surface area (Å²) in [4.78, 5) is 13.0. The number of aromatic nitrogens is 1. The fourth-order valence-corrected chi connectivity index (χ4v) is 11.3. The molecule has 0 bridgehead atoms. The highest BCUT2D eigenvalue weighted by Crippen LogP contribution is 2.46. The first kappa shape index (κ1) is 41.0. The van der Waals surface area contributed by atoms with Crippen LogP contribution in [0.15, 0.2) is 243 Å². The third-order valence-electron chi connectivity index (χ3n) is 14.7. The molecule has 4 heterocycles. The Balaban J connectivity index is 1.00. The fraction of sp³-hybridized carbons (Fsp3) is 0.0769. The number of rotatable bonds is 7. The average molecular weight is 915 g/mol. The predicted octanol–water partition coefficient (Wildman–Crippen LogP) is 16.6. The molecule has 2 aliphatic rings. The van der Waals surface area contributed by atoms with E-state index in [4.69, 9.17) is 18.8 Å². The molecule has 1 aliphatic carbocycles. The van der Waals surface area contributed by atoms with Crippen molar-refractivity contribution in [3.8, 4) is 27.9 Å². The minimum absolute atomic E-state index is 0.303. The van der Waals surface area contributed by atoms with Crippen LogP contribution in [0, 0.1) is 5.92 Å². The molecule has 3 unspecified atom stereocenters. The van der Waals surface area contributed by atoms with Crippen LogP contribution < -0.4 is 0 Å². The standard InChI is InChI=1S/C65H46N4O2/c1-40-17-9-10-22-48(40)45-33-34-55-53(35-45)49-23-11-14-26-54(49)69(55)56-37-46(38-60-62(56)51-25-13-16-28-58(51)71-60)52-36-47(39-59-61(52)50-24-12-15-27-57(50)70-59)65-67-63(66-64(68(65)2)44-20-7-4-8-21-44)43-31-29-42(30-32-43)41-18-5-3-6-19-41/h3-40,48,65H,1-2H3. The van der Waals surface area contributed by atoms with Crippen LogP contribution in [-0.2, 0) is 0 Å². The third-order valence-corrected chi connectivity index (χ3v) is 14.7. The molecular weight excluding hydrogens is 869 g/mol. The van der Waals surface area contributed by atoms with Crippen LogP contribution in [0.4, 0.5) is 0 Å². The Morgan fingerprint density at radius 1 is 0.451 bits per heavy atom. The van der Waals surface area contributed by atoms with Crippen molar-refractivity contribution in [3.63, 3.8) is 0 Å². The van der Waals surface area contributed by atoms with Crippen molar-refractivity contribution in [3.05, 3.63) is 247 Å². The molecule has 12 aromatic rings. The molecule has 0 spiro atoms. The number of furan rings is 2. The molecule has 9 aromatic carbocycles. The zero-order valence-corrected chi connectivity index (χ0v) is 39.2. The smallest absolute Gasteiger partial charge is 0.159 e. The largest absolute Gasteiger partial charge is 0.456 e. The topological polar surface area (TPSA) is 59.2 Å². The van der Waals surface area contributed by atoms with E-state index >= 15 is 0 Å². The van der Waals surface area contributed by atoms with Gasteiger partial charge in [-0.2, -0.15) is 0 Å². The molecule has 3 aromatic heterocycles. The van der Waals surface area contributed by atoms with Gasteiger partial charge in [0.05, 0.1) is 22.1 Å². The lowest BCUT2D eigenvalue weighted by atomic mass is 9.84. The fourth-order valence-electron chi connectivity index (χ4n) is 11.3. The molecule has 0 amide bonds. The Labute approximate surface area is 410 Å². The van der Waals surface area contributed by atoms with Crippen molar-refractivity contribution >= 4 is 77.4 Å². The van der Waals surface area contributed by atoms with Crippen LogP contribution in [0.25, 0.3) is 93.6 Å². The second-order valence-electron chi connectivity index (χ2n) is 19.0. The summed E-state index contributed by atoms with van der Waals surface area (Å²) in [7, 11) is 2.09. The molecule has 0 N–H and O–H groups in total. The zero-order chi connectivity index (χ0) is 47.2. The lowest BCUT2D eigenvalue weighted by Gasteiger charge is -2.32. The molecule has 71 heavy (non-hydrogen) atoms. The predicted molar refractivity (Wildman–Crippen MR) is 293 cm³/mol. The summed E-state index contributed by atoms with van der Waals surface area (Å²) in [5, 5.41) is 6.66. The van der Waals surface area contributed by atoms with E-state index in [1.807, 2.05) is 24.3 Å². The Morgan fingerprint density at radius 2 is 1.06 bits per heavy atom. The lowest BCUT2D eigenvalue weighted by Crippen LogP contribution is -2.35. The number of hydrogen-bond acceptors (Lipinski definition) is 5. The van der Waals surface area contributed by atoms with E-state index in [9.17, 15) is 0 Å². The van der Waals surface area contributed by atoms with Gasteiger partial charge in [0.15, 0.2) is 12.0 Å². The zero-order valence-electron chi connectivity index (χ0n) is 39.2. The quantitative estimate of drug-likeness (QED) is 0.160. The molecule has 3 atom stereocenters. The van der Waals surface area contributed by atoms with Crippen LogP contribution in [0.5, 0.6) is 0 Å². The van der Waals surface area contributed by atoms with Crippen molar-refractivity contribution in [2.75, 3.05) is 7.05 Å². The number of para-hydroxylation sites is 3. The maximum atomic E-state index is 6.90. The molecule has 14 rings (SSSR count). The van der Waals surface area contributed by atoms with Crippen LogP contribution in [0.3, 0.4) is 0 Å². The van der Waals surface area contributed by atoms with Gasteiger partial charge in [-0.05, 0) is 88.3 Å². The third kappa shape index (κ3) is 6.70. The van der Waals surface area contributed by atoms with Gasteiger partial charge in [0.1, 0.15) is 28.2 Å². The number of aliphatic imine (C=N–C) groups is 2. The normalized spacial score (nSPS) is 17.0. The summed E-state index contributed by atoms with van der Waals surface area (Å²) in [5.74, 6) is 2.21. The van der Waals surface area contributed by atoms with E-state index in [2.05, 4.69) is 224 Å². The number of amidine groups is 2. The molecular formula is C65H46N4O2. The van der Waals surface area contributed by atoms with Crippen molar-refractivity contribution in [2.45, 2.75) is 19.0 Å². The first-order valence-corrected chi connectivity index (χ1v) is 24.4. The molecule has 6 nitrogen and oxygen atoms in total. The second kappa shape index (κ2) is 16.3.